The average Bonchev–Trinajstić information content (AvgIpc) is 3.41. The van der Waals surface area contributed by atoms with E-state index in [1.165, 1.54) is 12.1 Å². The Morgan fingerprint density at radius 2 is 2.00 bits per heavy atom. The molecule has 1 saturated heterocycles. The Bertz CT molecular complexity index is 1390. The van der Waals surface area contributed by atoms with Crippen LogP contribution in [0.25, 0.3) is 22.3 Å². The van der Waals surface area contributed by atoms with Gasteiger partial charge in [-0.1, -0.05) is 11.6 Å². The van der Waals surface area contributed by atoms with E-state index in [2.05, 4.69) is 15.7 Å². The quantitative estimate of drug-likeness (QED) is 0.378. The number of benzene rings is 2. The zero-order chi connectivity index (χ0) is 24.5. The van der Waals surface area contributed by atoms with Gasteiger partial charge in [-0.2, -0.15) is 5.10 Å². The minimum Gasteiger partial charge on any atom is -0.456 e. The van der Waals surface area contributed by atoms with Crippen molar-refractivity contribution in [3.05, 3.63) is 76.1 Å². The van der Waals surface area contributed by atoms with Gasteiger partial charge in [-0.25, -0.2) is 8.78 Å². The fraction of sp³-hybridized carbons (Fsp3) is 0.308. The second kappa shape index (κ2) is 9.79. The maximum Gasteiger partial charge on any atom is 0.271 e. The zero-order valence-corrected chi connectivity index (χ0v) is 20.0. The van der Waals surface area contributed by atoms with E-state index >= 15 is 0 Å². The third-order valence-electron chi connectivity index (χ3n) is 6.40. The molecular formula is C26H25ClF2N4O2. The Balaban J connectivity index is 1.38. The lowest BCUT2D eigenvalue weighted by molar-refractivity contribution is 0.0938. The van der Waals surface area contributed by atoms with Gasteiger partial charge in [-0.3, -0.25) is 9.48 Å². The van der Waals surface area contributed by atoms with Gasteiger partial charge in [0.25, 0.3) is 5.91 Å². The first-order valence-electron chi connectivity index (χ1n) is 11.6. The topological polar surface area (TPSA) is 72.1 Å². The average molecular weight is 499 g/mol. The van der Waals surface area contributed by atoms with Gasteiger partial charge in [0, 0.05) is 34.3 Å². The third kappa shape index (κ3) is 5.09. The highest BCUT2D eigenvalue weighted by molar-refractivity contribution is 6.31. The molecule has 1 amide bonds. The van der Waals surface area contributed by atoms with Crippen LogP contribution in [0, 0.1) is 24.5 Å². The highest BCUT2D eigenvalue weighted by Gasteiger charge is 2.19. The Morgan fingerprint density at radius 1 is 1.20 bits per heavy atom. The number of hydrogen-bond acceptors (Lipinski definition) is 4. The molecule has 0 spiro atoms. The molecule has 9 heteroatoms. The number of furan rings is 1. The van der Waals surface area contributed by atoms with Crippen LogP contribution >= 0.6 is 11.6 Å². The Labute approximate surface area is 206 Å². The summed E-state index contributed by atoms with van der Waals surface area (Å²) in [6.07, 6.45) is 2.09. The smallest absolute Gasteiger partial charge is 0.271 e. The summed E-state index contributed by atoms with van der Waals surface area (Å²) in [5.41, 5.74) is 2.58. The van der Waals surface area contributed by atoms with Crippen molar-refractivity contribution in [3.63, 3.8) is 0 Å². The fourth-order valence-electron chi connectivity index (χ4n) is 4.48. The van der Waals surface area contributed by atoms with Crippen LogP contribution in [0.3, 0.4) is 0 Å². The molecule has 4 aromatic rings. The van der Waals surface area contributed by atoms with Gasteiger partial charge < -0.3 is 15.1 Å². The van der Waals surface area contributed by atoms with Crippen LogP contribution in [-0.4, -0.2) is 35.3 Å². The summed E-state index contributed by atoms with van der Waals surface area (Å²) in [6, 6.07) is 10.3. The molecule has 1 aliphatic heterocycles. The van der Waals surface area contributed by atoms with Crippen molar-refractivity contribution in [2.24, 2.45) is 5.92 Å². The van der Waals surface area contributed by atoms with E-state index in [4.69, 9.17) is 16.0 Å². The van der Waals surface area contributed by atoms with Crippen LogP contribution in [0.4, 0.5) is 8.78 Å². The molecule has 3 heterocycles. The van der Waals surface area contributed by atoms with E-state index in [0.717, 1.165) is 43.3 Å². The molecule has 0 unspecified atom stereocenters. The van der Waals surface area contributed by atoms with Crippen molar-refractivity contribution in [2.75, 3.05) is 19.6 Å². The van der Waals surface area contributed by atoms with Crippen molar-refractivity contribution >= 4 is 28.5 Å². The van der Waals surface area contributed by atoms with Gasteiger partial charge in [-0.05, 0) is 75.2 Å². The Morgan fingerprint density at radius 3 is 2.77 bits per heavy atom. The van der Waals surface area contributed by atoms with Gasteiger partial charge >= 0.3 is 0 Å². The predicted octanol–water partition coefficient (Wildman–Crippen LogP) is 5.31. The van der Waals surface area contributed by atoms with Crippen molar-refractivity contribution in [1.29, 1.82) is 0 Å². The molecular weight excluding hydrogens is 474 g/mol. The highest BCUT2D eigenvalue weighted by atomic mass is 35.5. The summed E-state index contributed by atoms with van der Waals surface area (Å²) in [5.74, 6) is -0.817. The lowest BCUT2D eigenvalue weighted by atomic mass is 9.98. The molecule has 0 radical (unpaired) electrons. The Kier molecular flexibility index (Phi) is 6.58. The molecule has 1 aliphatic rings. The van der Waals surface area contributed by atoms with Crippen LogP contribution in [0.5, 0.6) is 0 Å². The van der Waals surface area contributed by atoms with Crippen LogP contribution in [0.1, 0.15) is 34.6 Å². The summed E-state index contributed by atoms with van der Waals surface area (Å²) in [4.78, 5) is 12.7. The number of fused-ring (bicyclic) bond motifs is 1. The molecule has 2 aromatic heterocycles. The van der Waals surface area contributed by atoms with E-state index < -0.39 is 11.6 Å². The fourth-order valence-corrected chi connectivity index (χ4v) is 4.73. The second-order valence-electron chi connectivity index (χ2n) is 8.95. The normalized spacial score (nSPS) is 14.5. The molecule has 5 rings (SSSR count). The van der Waals surface area contributed by atoms with Gasteiger partial charge in [0.1, 0.15) is 28.7 Å². The first kappa shape index (κ1) is 23.5. The molecule has 2 aromatic carbocycles. The molecule has 0 atom stereocenters. The SMILES string of the molecule is Cc1cc(C(=O)NCC2CCNCC2)nn1Cc1cc(Cl)cc2cc(-c3ccc(F)cc3F)oc12. The number of amides is 1. The monoisotopic (exact) mass is 498 g/mol. The number of rotatable bonds is 6. The van der Waals surface area contributed by atoms with Crippen molar-refractivity contribution < 1.29 is 18.0 Å². The van der Waals surface area contributed by atoms with Crippen molar-refractivity contribution in [3.8, 4) is 11.3 Å². The van der Waals surface area contributed by atoms with E-state index in [9.17, 15) is 13.6 Å². The van der Waals surface area contributed by atoms with Gasteiger partial charge in [-0.15, -0.1) is 0 Å². The zero-order valence-electron chi connectivity index (χ0n) is 19.2. The first-order chi connectivity index (χ1) is 16.9. The van der Waals surface area contributed by atoms with E-state index in [1.807, 2.05) is 6.92 Å². The standard InChI is InChI=1S/C26H25ClF2N4O2/c1-15-8-23(26(34)31-13-16-4-6-30-7-5-16)32-33(15)14-18-10-19(27)9-17-11-24(35-25(17)18)21-3-2-20(28)12-22(21)29/h2-3,8-12,16,30H,4-7,13-14H2,1H3,(H,31,34). The first-order valence-corrected chi connectivity index (χ1v) is 12.0. The number of carbonyl (C=O) groups excluding carboxylic acids is 1. The molecule has 0 bridgehead atoms. The predicted molar refractivity (Wildman–Crippen MR) is 131 cm³/mol. The molecule has 6 nitrogen and oxygen atoms in total. The number of nitrogens with zero attached hydrogens (tertiary/aromatic N) is 2. The maximum absolute atomic E-state index is 14.3. The number of nitrogens with one attached hydrogen (secondary N) is 2. The number of carbonyl (C=O) groups is 1. The largest absolute Gasteiger partial charge is 0.456 e. The molecule has 1 fully saturated rings. The van der Waals surface area contributed by atoms with Gasteiger partial charge in [0.15, 0.2) is 0 Å². The summed E-state index contributed by atoms with van der Waals surface area (Å²) in [7, 11) is 0. The second-order valence-corrected chi connectivity index (χ2v) is 9.39. The van der Waals surface area contributed by atoms with E-state index in [-0.39, 0.29) is 17.2 Å². The summed E-state index contributed by atoms with van der Waals surface area (Å²) in [6.45, 7) is 4.77. The van der Waals surface area contributed by atoms with Crippen LogP contribution < -0.4 is 10.6 Å². The van der Waals surface area contributed by atoms with Crippen molar-refractivity contribution in [1.82, 2.24) is 20.4 Å². The summed E-state index contributed by atoms with van der Waals surface area (Å²) >= 11 is 6.34. The molecule has 0 saturated carbocycles. The summed E-state index contributed by atoms with van der Waals surface area (Å²) < 4.78 is 35.4. The lowest BCUT2D eigenvalue weighted by Gasteiger charge is -2.22. The minimum atomic E-state index is -0.709. The maximum atomic E-state index is 14.3. The van der Waals surface area contributed by atoms with Crippen molar-refractivity contribution in [2.45, 2.75) is 26.3 Å². The number of piperidine rings is 1. The molecule has 35 heavy (non-hydrogen) atoms. The Hall–Kier alpha value is -3.23. The third-order valence-corrected chi connectivity index (χ3v) is 6.62. The van der Waals surface area contributed by atoms with Crippen LogP contribution in [0.15, 0.2) is 46.9 Å². The molecule has 0 aliphatic carbocycles. The number of aromatic nitrogens is 2. The minimum absolute atomic E-state index is 0.160. The number of aryl methyl sites for hydroxylation is 1. The molecule has 182 valence electrons. The highest BCUT2D eigenvalue weighted by Crippen LogP contribution is 2.34. The lowest BCUT2D eigenvalue weighted by Crippen LogP contribution is -2.36. The number of halogens is 3. The van der Waals surface area contributed by atoms with Gasteiger partial charge in [0.2, 0.25) is 0 Å². The van der Waals surface area contributed by atoms with E-state index in [1.54, 1.807) is 28.9 Å². The van der Waals surface area contributed by atoms with E-state index in [0.29, 0.717) is 40.7 Å². The van der Waals surface area contributed by atoms with Crippen LogP contribution in [0.2, 0.25) is 5.02 Å². The summed E-state index contributed by atoms with van der Waals surface area (Å²) in [5, 5.41) is 12.0. The molecule has 2 N–H and O–H groups in total. The van der Waals surface area contributed by atoms with Gasteiger partial charge in [0.05, 0.1) is 12.1 Å². The number of hydrogen-bond donors (Lipinski definition) is 2. The van der Waals surface area contributed by atoms with Crippen LogP contribution in [-0.2, 0) is 6.54 Å².